The van der Waals surface area contributed by atoms with Crippen LogP contribution in [-0.4, -0.2) is 56.1 Å². The number of aryl methyl sites for hydroxylation is 1. The Morgan fingerprint density at radius 3 is 2.19 bits per heavy atom. The van der Waals surface area contributed by atoms with Gasteiger partial charge in [0.2, 0.25) is 21.8 Å². The lowest BCUT2D eigenvalue weighted by Gasteiger charge is -2.35. The Bertz CT molecular complexity index is 1160. The molecule has 0 saturated heterocycles. The molecule has 0 bridgehead atoms. The van der Waals surface area contributed by atoms with Crippen LogP contribution < -0.4 is 14.4 Å². The second-order valence-electron chi connectivity index (χ2n) is 9.78. The number of rotatable bonds is 11. The molecule has 2 rings (SSSR count). The van der Waals surface area contributed by atoms with Crippen LogP contribution >= 0.6 is 0 Å². The normalized spacial score (nSPS) is 12.5. The first-order valence-electron chi connectivity index (χ1n) is 12.1. The van der Waals surface area contributed by atoms with Crippen LogP contribution in [0, 0.1) is 6.92 Å². The van der Waals surface area contributed by atoms with E-state index in [0.29, 0.717) is 18.8 Å². The number of hydrogen-bond acceptors (Lipinski definition) is 5. The van der Waals surface area contributed by atoms with Crippen molar-refractivity contribution < 1.29 is 22.7 Å². The summed E-state index contributed by atoms with van der Waals surface area (Å²) in [6.07, 6.45) is 1.42. The molecule has 0 aromatic heterocycles. The Kier molecular flexibility index (Phi) is 9.93. The highest BCUT2D eigenvalue weighted by molar-refractivity contribution is 7.92. The molecule has 2 aromatic rings. The number of benzene rings is 2. The van der Waals surface area contributed by atoms with Gasteiger partial charge in [0.1, 0.15) is 18.3 Å². The molecular formula is C27H39N3O5S. The van der Waals surface area contributed by atoms with Crippen molar-refractivity contribution in [2.24, 2.45) is 0 Å². The lowest BCUT2D eigenvalue weighted by molar-refractivity contribution is -0.141. The highest BCUT2D eigenvalue weighted by Crippen LogP contribution is 2.30. The van der Waals surface area contributed by atoms with E-state index >= 15 is 0 Å². The van der Waals surface area contributed by atoms with Gasteiger partial charge >= 0.3 is 0 Å². The summed E-state index contributed by atoms with van der Waals surface area (Å²) in [7, 11) is -3.84. The quantitative estimate of drug-likeness (QED) is 0.488. The number of ether oxygens (including phenoxy) is 1. The molecule has 0 spiro atoms. The first kappa shape index (κ1) is 29.2. The molecule has 2 aromatic carbocycles. The molecule has 1 atom stereocenters. The van der Waals surface area contributed by atoms with Gasteiger partial charge in [-0.2, -0.15) is 0 Å². The zero-order valence-electron chi connectivity index (χ0n) is 22.4. The summed E-state index contributed by atoms with van der Waals surface area (Å²) < 4.78 is 32.4. The van der Waals surface area contributed by atoms with Gasteiger partial charge in [0.15, 0.2) is 0 Å². The Morgan fingerprint density at radius 2 is 1.64 bits per heavy atom. The van der Waals surface area contributed by atoms with Gasteiger partial charge in [-0.3, -0.25) is 13.9 Å². The fraction of sp³-hybridized carbons (Fsp3) is 0.481. The van der Waals surface area contributed by atoms with Gasteiger partial charge in [-0.05, 0) is 64.3 Å². The minimum absolute atomic E-state index is 0.173. The van der Waals surface area contributed by atoms with Crippen LogP contribution in [0.2, 0.25) is 0 Å². The number of carbonyl (C=O) groups is 2. The van der Waals surface area contributed by atoms with E-state index in [1.165, 1.54) is 4.90 Å². The molecule has 36 heavy (non-hydrogen) atoms. The predicted molar refractivity (Wildman–Crippen MR) is 144 cm³/mol. The van der Waals surface area contributed by atoms with Crippen molar-refractivity contribution in [3.05, 3.63) is 59.7 Å². The van der Waals surface area contributed by atoms with Crippen LogP contribution in [0.5, 0.6) is 5.75 Å². The Balaban J connectivity index is 2.52. The summed E-state index contributed by atoms with van der Waals surface area (Å²) >= 11 is 0. The standard InChI is InChI=1S/C27H39N3O5S/c1-8-22(26(32)28-27(4,5)6)29(18-21-15-11-10-14-20(21)3)25(31)19-30(36(7,33)34)23-16-12-13-17-24(23)35-9-2/h10-17,22H,8-9,18-19H2,1-7H3,(H,28,32)/t22-/m0/s1. The van der Waals surface area contributed by atoms with Gasteiger partial charge in [-0.25, -0.2) is 8.42 Å². The van der Waals surface area contributed by atoms with Crippen molar-refractivity contribution >= 4 is 27.5 Å². The van der Waals surface area contributed by atoms with Crippen molar-refractivity contribution in [1.82, 2.24) is 10.2 Å². The molecule has 0 aliphatic heterocycles. The van der Waals surface area contributed by atoms with Gasteiger partial charge in [-0.1, -0.05) is 43.3 Å². The molecule has 0 aliphatic carbocycles. The Morgan fingerprint density at radius 1 is 1.03 bits per heavy atom. The van der Waals surface area contributed by atoms with E-state index in [0.717, 1.165) is 21.7 Å². The van der Waals surface area contributed by atoms with Gasteiger partial charge < -0.3 is 15.0 Å². The monoisotopic (exact) mass is 517 g/mol. The van der Waals surface area contributed by atoms with Gasteiger partial charge in [0.05, 0.1) is 18.6 Å². The van der Waals surface area contributed by atoms with Gasteiger partial charge in [0, 0.05) is 12.1 Å². The summed E-state index contributed by atoms with van der Waals surface area (Å²) in [6.45, 7) is 11.3. The third-order valence-electron chi connectivity index (χ3n) is 5.60. The third kappa shape index (κ3) is 7.98. The average molecular weight is 518 g/mol. The minimum Gasteiger partial charge on any atom is -0.492 e. The number of amides is 2. The topological polar surface area (TPSA) is 96.0 Å². The van der Waals surface area contributed by atoms with Crippen LogP contribution in [0.15, 0.2) is 48.5 Å². The number of sulfonamides is 1. The number of para-hydroxylation sites is 2. The molecule has 0 radical (unpaired) electrons. The largest absolute Gasteiger partial charge is 0.492 e. The third-order valence-corrected chi connectivity index (χ3v) is 6.73. The molecule has 0 aliphatic rings. The Hall–Kier alpha value is -3.07. The summed E-state index contributed by atoms with van der Waals surface area (Å²) in [5.41, 5.74) is 1.65. The van der Waals surface area contributed by atoms with E-state index in [1.807, 2.05) is 58.9 Å². The fourth-order valence-corrected chi connectivity index (χ4v) is 4.73. The molecule has 8 nitrogen and oxygen atoms in total. The summed E-state index contributed by atoms with van der Waals surface area (Å²) in [5, 5.41) is 2.96. The molecule has 0 unspecified atom stereocenters. The van der Waals surface area contributed by atoms with E-state index in [-0.39, 0.29) is 18.1 Å². The number of nitrogens with one attached hydrogen (secondary N) is 1. The SMILES string of the molecule is CCOc1ccccc1N(CC(=O)N(Cc1ccccc1C)[C@@H](CC)C(=O)NC(C)(C)C)S(C)(=O)=O. The molecule has 2 amide bonds. The van der Waals surface area contributed by atoms with Crippen LogP contribution in [0.4, 0.5) is 5.69 Å². The highest BCUT2D eigenvalue weighted by Gasteiger charge is 2.33. The molecule has 0 heterocycles. The molecule has 9 heteroatoms. The van der Waals surface area contributed by atoms with E-state index in [2.05, 4.69) is 5.32 Å². The summed E-state index contributed by atoms with van der Waals surface area (Å²) in [4.78, 5) is 28.6. The average Bonchev–Trinajstić information content (AvgIpc) is 2.77. The second-order valence-corrected chi connectivity index (χ2v) is 11.7. The van der Waals surface area contributed by atoms with Crippen molar-refractivity contribution in [2.45, 2.75) is 66.1 Å². The second kappa shape index (κ2) is 12.3. The molecular weight excluding hydrogens is 478 g/mol. The lowest BCUT2D eigenvalue weighted by atomic mass is 10.0. The van der Waals surface area contributed by atoms with Crippen molar-refractivity contribution in [1.29, 1.82) is 0 Å². The highest BCUT2D eigenvalue weighted by atomic mass is 32.2. The van der Waals surface area contributed by atoms with Crippen LogP contribution in [0.1, 0.15) is 52.2 Å². The number of hydrogen-bond donors (Lipinski definition) is 1. The van der Waals surface area contributed by atoms with Crippen molar-refractivity contribution in [2.75, 3.05) is 23.7 Å². The van der Waals surface area contributed by atoms with Crippen LogP contribution in [0.3, 0.4) is 0 Å². The van der Waals surface area contributed by atoms with Gasteiger partial charge in [0.25, 0.3) is 0 Å². The molecule has 0 fully saturated rings. The van der Waals surface area contributed by atoms with E-state index in [1.54, 1.807) is 31.2 Å². The number of carbonyl (C=O) groups excluding carboxylic acids is 2. The zero-order chi connectivity index (χ0) is 27.1. The fourth-order valence-electron chi connectivity index (χ4n) is 3.88. The predicted octanol–water partition coefficient (Wildman–Crippen LogP) is 3.88. The maximum Gasteiger partial charge on any atom is 0.244 e. The minimum atomic E-state index is -3.84. The summed E-state index contributed by atoms with van der Waals surface area (Å²) in [6, 6.07) is 13.6. The maximum atomic E-state index is 13.8. The lowest BCUT2D eigenvalue weighted by Crippen LogP contribution is -2.55. The van der Waals surface area contributed by atoms with E-state index in [4.69, 9.17) is 4.74 Å². The maximum absolute atomic E-state index is 13.8. The van der Waals surface area contributed by atoms with E-state index < -0.39 is 34.1 Å². The number of nitrogens with zero attached hydrogens (tertiary/aromatic N) is 2. The first-order valence-corrected chi connectivity index (χ1v) is 14.0. The van der Waals surface area contributed by atoms with Crippen molar-refractivity contribution in [3.63, 3.8) is 0 Å². The number of anilines is 1. The first-order chi connectivity index (χ1) is 16.8. The Labute approximate surface area is 215 Å². The van der Waals surface area contributed by atoms with Crippen LogP contribution in [0.25, 0.3) is 0 Å². The molecule has 0 saturated carbocycles. The molecule has 198 valence electrons. The zero-order valence-corrected chi connectivity index (χ0v) is 23.2. The van der Waals surface area contributed by atoms with Gasteiger partial charge in [-0.15, -0.1) is 0 Å². The molecule has 1 N–H and O–H groups in total. The van der Waals surface area contributed by atoms with Crippen LogP contribution in [-0.2, 0) is 26.2 Å². The van der Waals surface area contributed by atoms with E-state index in [9.17, 15) is 18.0 Å². The smallest absolute Gasteiger partial charge is 0.244 e. The van der Waals surface area contributed by atoms with Crippen molar-refractivity contribution in [3.8, 4) is 5.75 Å². The summed E-state index contributed by atoms with van der Waals surface area (Å²) in [5.74, 6) is -0.403.